The number of para-hydroxylation sites is 1. The van der Waals surface area contributed by atoms with Crippen molar-refractivity contribution >= 4 is 11.8 Å². The third kappa shape index (κ3) is 6.43. The number of carbonyl (C=O) groups excluding carboxylic acids is 1. The molecule has 0 atom stereocenters. The number of primary amides is 1. The maximum absolute atomic E-state index is 10.7. The SMILES string of the molecule is CC(C)(CCCCOCc1ccccc1N)OC(N)=O. The van der Waals surface area contributed by atoms with Gasteiger partial charge in [0, 0.05) is 17.9 Å². The summed E-state index contributed by atoms with van der Waals surface area (Å²) in [7, 11) is 0. The van der Waals surface area contributed by atoms with Crippen molar-refractivity contribution in [3.63, 3.8) is 0 Å². The largest absolute Gasteiger partial charge is 0.444 e. The highest BCUT2D eigenvalue weighted by atomic mass is 16.6. The molecule has 0 aliphatic heterocycles. The standard InChI is InChI=1S/C15H24N2O3/c1-15(2,20-14(17)18)9-5-6-10-19-11-12-7-3-4-8-13(12)16/h3-4,7-8H,5-6,9-11,16H2,1-2H3,(H2,17,18). The Kier molecular flexibility index (Phi) is 6.31. The number of anilines is 1. The molecule has 1 rings (SSSR count). The molecule has 0 heterocycles. The van der Waals surface area contributed by atoms with E-state index in [4.69, 9.17) is 20.9 Å². The van der Waals surface area contributed by atoms with Gasteiger partial charge in [-0.25, -0.2) is 4.79 Å². The maximum Gasteiger partial charge on any atom is 0.405 e. The number of ether oxygens (including phenoxy) is 2. The molecule has 1 aromatic carbocycles. The number of nitrogens with two attached hydrogens (primary N) is 2. The molecule has 0 aliphatic carbocycles. The monoisotopic (exact) mass is 280 g/mol. The normalized spacial score (nSPS) is 11.3. The molecule has 0 bridgehead atoms. The van der Waals surface area contributed by atoms with Crippen molar-refractivity contribution in [2.24, 2.45) is 5.73 Å². The molecule has 1 amide bonds. The lowest BCUT2D eigenvalue weighted by molar-refractivity contribution is 0.0344. The lowest BCUT2D eigenvalue weighted by Crippen LogP contribution is -2.31. The van der Waals surface area contributed by atoms with E-state index in [0.717, 1.165) is 30.5 Å². The second-order valence-corrected chi connectivity index (χ2v) is 5.39. The number of benzene rings is 1. The van der Waals surface area contributed by atoms with Gasteiger partial charge in [-0.15, -0.1) is 0 Å². The van der Waals surface area contributed by atoms with E-state index in [-0.39, 0.29) is 0 Å². The second kappa shape index (κ2) is 7.75. The number of amides is 1. The Morgan fingerprint density at radius 1 is 1.25 bits per heavy atom. The summed E-state index contributed by atoms with van der Waals surface area (Å²) in [6.07, 6.45) is 1.83. The van der Waals surface area contributed by atoms with Crippen LogP contribution in [-0.4, -0.2) is 18.3 Å². The molecule has 0 spiro atoms. The van der Waals surface area contributed by atoms with Crippen molar-refractivity contribution < 1.29 is 14.3 Å². The van der Waals surface area contributed by atoms with E-state index in [0.29, 0.717) is 13.2 Å². The minimum Gasteiger partial charge on any atom is -0.444 e. The van der Waals surface area contributed by atoms with Crippen LogP contribution in [0.2, 0.25) is 0 Å². The van der Waals surface area contributed by atoms with Gasteiger partial charge in [-0.3, -0.25) is 0 Å². The van der Waals surface area contributed by atoms with E-state index in [9.17, 15) is 4.79 Å². The summed E-state index contributed by atoms with van der Waals surface area (Å²) in [6, 6.07) is 7.67. The first kappa shape index (κ1) is 16.3. The molecule has 1 aromatic rings. The fourth-order valence-corrected chi connectivity index (χ4v) is 1.93. The lowest BCUT2D eigenvalue weighted by Gasteiger charge is -2.23. The van der Waals surface area contributed by atoms with Crippen LogP contribution >= 0.6 is 0 Å². The minimum atomic E-state index is -0.731. The molecule has 4 N–H and O–H groups in total. The molecule has 0 aliphatic rings. The van der Waals surface area contributed by atoms with E-state index < -0.39 is 11.7 Å². The van der Waals surface area contributed by atoms with Gasteiger partial charge >= 0.3 is 6.09 Å². The van der Waals surface area contributed by atoms with Crippen molar-refractivity contribution in [2.75, 3.05) is 12.3 Å². The average Bonchev–Trinajstić information content (AvgIpc) is 2.34. The van der Waals surface area contributed by atoms with Crippen LogP contribution in [0.1, 0.15) is 38.7 Å². The third-order valence-electron chi connectivity index (χ3n) is 3.01. The van der Waals surface area contributed by atoms with Crippen LogP contribution in [0.15, 0.2) is 24.3 Å². The van der Waals surface area contributed by atoms with E-state index in [1.807, 2.05) is 38.1 Å². The second-order valence-electron chi connectivity index (χ2n) is 5.39. The van der Waals surface area contributed by atoms with Gasteiger partial charge in [0.05, 0.1) is 6.61 Å². The van der Waals surface area contributed by atoms with E-state index in [1.165, 1.54) is 0 Å². The number of hydrogen-bond acceptors (Lipinski definition) is 4. The highest BCUT2D eigenvalue weighted by molar-refractivity contribution is 5.65. The molecule has 0 radical (unpaired) electrons. The molecular weight excluding hydrogens is 256 g/mol. The Labute approximate surface area is 120 Å². The molecule has 5 heteroatoms. The summed E-state index contributed by atoms with van der Waals surface area (Å²) in [5, 5.41) is 0. The number of rotatable bonds is 8. The zero-order valence-electron chi connectivity index (χ0n) is 12.2. The fourth-order valence-electron chi connectivity index (χ4n) is 1.93. The topological polar surface area (TPSA) is 87.6 Å². The number of carbonyl (C=O) groups is 1. The quantitative estimate of drug-likeness (QED) is 0.566. The Bertz CT molecular complexity index is 433. The first-order chi connectivity index (χ1) is 9.41. The lowest BCUT2D eigenvalue weighted by atomic mass is 10.0. The van der Waals surface area contributed by atoms with Gasteiger partial charge < -0.3 is 20.9 Å². The average molecular weight is 280 g/mol. The smallest absolute Gasteiger partial charge is 0.405 e. The van der Waals surface area contributed by atoms with Gasteiger partial charge in [-0.1, -0.05) is 18.2 Å². The van der Waals surface area contributed by atoms with Crippen LogP contribution in [0.5, 0.6) is 0 Å². The Morgan fingerprint density at radius 2 is 1.95 bits per heavy atom. The summed E-state index contributed by atoms with van der Waals surface area (Å²) in [5.74, 6) is 0. The molecule has 0 saturated heterocycles. The predicted molar refractivity (Wildman–Crippen MR) is 79.1 cm³/mol. The van der Waals surface area contributed by atoms with Crippen molar-refractivity contribution in [3.05, 3.63) is 29.8 Å². The number of hydrogen-bond donors (Lipinski definition) is 2. The van der Waals surface area contributed by atoms with Gasteiger partial charge in [0.2, 0.25) is 0 Å². The van der Waals surface area contributed by atoms with Crippen LogP contribution in [-0.2, 0) is 16.1 Å². The zero-order valence-corrected chi connectivity index (χ0v) is 12.2. The predicted octanol–water partition coefficient (Wildman–Crippen LogP) is 2.83. The maximum atomic E-state index is 10.7. The highest BCUT2D eigenvalue weighted by Crippen LogP contribution is 2.18. The van der Waals surface area contributed by atoms with Gasteiger partial charge in [-0.05, 0) is 39.2 Å². The molecule has 20 heavy (non-hydrogen) atoms. The highest BCUT2D eigenvalue weighted by Gasteiger charge is 2.20. The van der Waals surface area contributed by atoms with Gasteiger partial charge in [-0.2, -0.15) is 0 Å². The molecule has 0 saturated carbocycles. The van der Waals surface area contributed by atoms with Gasteiger partial charge in [0.15, 0.2) is 0 Å². The summed E-state index contributed by atoms with van der Waals surface area (Å²) >= 11 is 0. The van der Waals surface area contributed by atoms with Crippen molar-refractivity contribution in [2.45, 2.75) is 45.3 Å². The van der Waals surface area contributed by atoms with Crippen molar-refractivity contribution in [1.29, 1.82) is 0 Å². The first-order valence-corrected chi connectivity index (χ1v) is 6.80. The Morgan fingerprint density at radius 3 is 2.60 bits per heavy atom. The zero-order chi connectivity index (χ0) is 15.0. The van der Waals surface area contributed by atoms with Crippen LogP contribution < -0.4 is 11.5 Å². The number of unbranched alkanes of at least 4 members (excludes halogenated alkanes) is 1. The van der Waals surface area contributed by atoms with Crippen molar-refractivity contribution in [3.8, 4) is 0 Å². The third-order valence-corrected chi connectivity index (χ3v) is 3.01. The summed E-state index contributed by atoms with van der Waals surface area (Å²) in [5.41, 5.74) is 12.1. The van der Waals surface area contributed by atoms with E-state index in [1.54, 1.807) is 0 Å². The first-order valence-electron chi connectivity index (χ1n) is 6.80. The fraction of sp³-hybridized carbons (Fsp3) is 0.533. The van der Waals surface area contributed by atoms with Crippen molar-refractivity contribution in [1.82, 2.24) is 0 Å². The Balaban J connectivity index is 2.14. The van der Waals surface area contributed by atoms with Crippen LogP contribution in [0.25, 0.3) is 0 Å². The van der Waals surface area contributed by atoms with Gasteiger partial charge in [0.1, 0.15) is 5.60 Å². The van der Waals surface area contributed by atoms with Crippen LogP contribution in [0.3, 0.4) is 0 Å². The van der Waals surface area contributed by atoms with E-state index in [2.05, 4.69) is 0 Å². The van der Waals surface area contributed by atoms with Crippen LogP contribution in [0.4, 0.5) is 10.5 Å². The minimum absolute atomic E-state index is 0.518. The molecule has 0 fully saturated rings. The summed E-state index contributed by atoms with van der Waals surface area (Å²) in [6.45, 7) is 4.88. The van der Waals surface area contributed by atoms with Crippen LogP contribution in [0, 0.1) is 0 Å². The summed E-state index contributed by atoms with van der Waals surface area (Å²) < 4.78 is 10.6. The molecule has 0 unspecified atom stereocenters. The summed E-state index contributed by atoms with van der Waals surface area (Å²) in [4.78, 5) is 10.7. The Hall–Kier alpha value is -1.75. The molecule has 112 valence electrons. The van der Waals surface area contributed by atoms with Gasteiger partial charge in [0.25, 0.3) is 0 Å². The molecule has 5 nitrogen and oxygen atoms in total. The van der Waals surface area contributed by atoms with E-state index >= 15 is 0 Å². The molecule has 0 aromatic heterocycles. The molecular formula is C15H24N2O3. The number of nitrogen functional groups attached to an aromatic ring is 1.